The molecule has 172 valence electrons. The zero-order valence-electron chi connectivity index (χ0n) is 19.4. The molecule has 0 radical (unpaired) electrons. The van der Waals surface area contributed by atoms with Gasteiger partial charge in [0.05, 0.1) is 5.69 Å². The van der Waals surface area contributed by atoms with Gasteiger partial charge in [-0.2, -0.15) is 0 Å². The molecule has 1 atom stereocenters. The van der Waals surface area contributed by atoms with Crippen molar-refractivity contribution in [3.05, 3.63) is 101 Å². The van der Waals surface area contributed by atoms with Gasteiger partial charge in [-0.1, -0.05) is 60.7 Å². The van der Waals surface area contributed by atoms with Gasteiger partial charge in [-0.3, -0.25) is 4.79 Å². The van der Waals surface area contributed by atoms with E-state index in [0.29, 0.717) is 17.6 Å². The quantitative estimate of drug-likeness (QED) is 0.638. The van der Waals surface area contributed by atoms with E-state index < -0.39 is 0 Å². The number of rotatable bonds is 4. The Labute approximate surface area is 200 Å². The Morgan fingerprint density at radius 1 is 0.941 bits per heavy atom. The number of guanidine groups is 1. The normalized spacial score (nSPS) is 19.6. The second-order valence-corrected chi connectivity index (χ2v) is 9.76. The van der Waals surface area contributed by atoms with Crippen LogP contribution < -0.4 is 5.73 Å². The average Bonchev–Trinajstić information content (AvgIpc) is 3.50. The lowest BCUT2D eigenvalue weighted by Gasteiger charge is -2.33. The van der Waals surface area contributed by atoms with Crippen LogP contribution in [0.25, 0.3) is 0 Å². The Kier molecular flexibility index (Phi) is 5.33. The van der Waals surface area contributed by atoms with Crippen molar-refractivity contribution in [2.45, 2.75) is 50.7 Å². The molecule has 5 heteroatoms. The highest BCUT2D eigenvalue weighted by atomic mass is 16.2. The van der Waals surface area contributed by atoms with Crippen molar-refractivity contribution in [1.29, 1.82) is 0 Å². The summed E-state index contributed by atoms with van der Waals surface area (Å²) < 4.78 is 0. The van der Waals surface area contributed by atoms with E-state index >= 15 is 0 Å². The fraction of sp³-hybridized carbons (Fsp3) is 0.310. The summed E-state index contributed by atoms with van der Waals surface area (Å²) in [7, 11) is 0. The molecule has 3 aromatic rings. The number of hydrogen-bond acceptors (Lipinski definition) is 4. The molecule has 2 heterocycles. The summed E-state index contributed by atoms with van der Waals surface area (Å²) in [5.74, 6) is 0.654. The van der Waals surface area contributed by atoms with Crippen molar-refractivity contribution in [3.63, 3.8) is 0 Å². The van der Waals surface area contributed by atoms with E-state index in [4.69, 9.17) is 10.7 Å². The number of amides is 1. The van der Waals surface area contributed by atoms with Crippen LogP contribution in [-0.4, -0.2) is 40.3 Å². The van der Waals surface area contributed by atoms with E-state index in [0.717, 1.165) is 56.4 Å². The molecular weight excluding hydrogens is 420 g/mol. The lowest BCUT2D eigenvalue weighted by molar-refractivity contribution is 0.0736. The van der Waals surface area contributed by atoms with Crippen LogP contribution in [0.2, 0.25) is 0 Å². The first-order chi connectivity index (χ1) is 16.7. The Hall–Kier alpha value is -3.60. The molecule has 0 aromatic heterocycles. The molecule has 3 aromatic carbocycles. The highest BCUT2D eigenvalue weighted by Gasteiger charge is 2.32. The van der Waals surface area contributed by atoms with Crippen molar-refractivity contribution in [3.8, 4) is 0 Å². The van der Waals surface area contributed by atoms with Crippen LogP contribution in [0.1, 0.15) is 45.5 Å². The van der Waals surface area contributed by atoms with Gasteiger partial charge in [0.15, 0.2) is 5.96 Å². The summed E-state index contributed by atoms with van der Waals surface area (Å²) in [4.78, 5) is 22.5. The lowest BCUT2D eigenvalue weighted by atomic mass is 10.0. The fourth-order valence-electron chi connectivity index (χ4n) is 5.83. The number of fused-ring (bicyclic) bond motifs is 2. The van der Waals surface area contributed by atoms with E-state index in [1.54, 1.807) is 0 Å². The Bertz CT molecular complexity index is 1230. The Balaban J connectivity index is 1.19. The summed E-state index contributed by atoms with van der Waals surface area (Å²) in [5.41, 5.74) is 13.2. The second kappa shape index (κ2) is 8.64. The van der Waals surface area contributed by atoms with Crippen molar-refractivity contribution in [1.82, 2.24) is 9.80 Å². The highest BCUT2D eigenvalue weighted by molar-refractivity contribution is 5.96. The van der Waals surface area contributed by atoms with E-state index in [1.807, 2.05) is 23.1 Å². The molecule has 1 saturated heterocycles. The predicted molar refractivity (Wildman–Crippen MR) is 135 cm³/mol. The maximum absolute atomic E-state index is 13.5. The first kappa shape index (κ1) is 21.0. The molecule has 0 bridgehead atoms. The SMILES string of the molecule is NC1=Nc2cc(C(=O)N3CCCC3Cc3ccccc3)ccc2CN1C1Cc2ccccc2C1. The van der Waals surface area contributed by atoms with Crippen LogP contribution in [0, 0.1) is 0 Å². The van der Waals surface area contributed by atoms with Gasteiger partial charge in [-0.25, -0.2) is 4.99 Å². The van der Waals surface area contributed by atoms with Gasteiger partial charge in [0.2, 0.25) is 0 Å². The number of nitrogens with two attached hydrogens (primary N) is 1. The van der Waals surface area contributed by atoms with Gasteiger partial charge in [0.1, 0.15) is 0 Å². The van der Waals surface area contributed by atoms with Crippen molar-refractivity contribution in [2.24, 2.45) is 10.7 Å². The molecular formula is C29H30N4O. The number of likely N-dealkylation sites (tertiary alicyclic amines) is 1. The number of carbonyl (C=O) groups excluding carboxylic acids is 1. The molecule has 0 spiro atoms. The summed E-state index contributed by atoms with van der Waals surface area (Å²) >= 11 is 0. The molecule has 34 heavy (non-hydrogen) atoms. The fourth-order valence-corrected chi connectivity index (χ4v) is 5.83. The number of nitrogens with zero attached hydrogens (tertiary/aromatic N) is 3. The van der Waals surface area contributed by atoms with Gasteiger partial charge in [0.25, 0.3) is 5.91 Å². The van der Waals surface area contributed by atoms with Gasteiger partial charge in [-0.15, -0.1) is 0 Å². The first-order valence-electron chi connectivity index (χ1n) is 12.3. The Morgan fingerprint density at radius 3 is 2.44 bits per heavy atom. The van der Waals surface area contributed by atoms with Crippen LogP contribution in [0.15, 0.2) is 77.8 Å². The largest absolute Gasteiger partial charge is 0.369 e. The highest BCUT2D eigenvalue weighted by Crippen LogP contribution is 2.33. The molecule has 1 fully saturated rings. The summed E-state index contributed by atoms with van der Waals surface area (Å²) in [6.07, 6.45) is 5.00. The minimum Gasteiger partial charge on any atom is -0.369 e. The first-order valence-corrected chi connectivity index (χ1v) is 12.3. The number of carbonyl (C=O) groups is 1. The third-order valence-electron chi connectivity index (χ3n) is 7.62. The summed E-state index contributed by atoms with van der Waals surface area (Å²) in [6.45, 7) is 1.55. The van der Waals surface area contributed by atoms with Crippen LogP contribution in [0.3, 0.4) is 0 Å². The van der Waals surface area contributed by atoms with E-state index in [9.17, 15) is 4.79 Å². The molecule has 2 N–H and O–H groups in total. The lowest BCUT2D eigenvalue weighted by Crippen LogP contribution is -2.46. The summed E-state index contributed by atoms with van der Waals surface area (Å²) in [6, 6.07) is 25.6. The maximum Gasteiger partial charge on any atom is 0.254 e. The van der Waals surface area contributed by atoms with Gasteiger partial charge >= 0.3 is 0 Å². The predicted octanol–water partition coefficient (Wildman–Crippen LogP) is 4.46. The van der Waals surface area contributed by atoms with Crippen LogP contribution in [-0.2, 0) is 25.8 Å². The van der Waals surface area contributed by atoms with Crippen molar-refractivity contribution >= 4 is 17.6 Å². The standard InChI is InChI=1S/C29H30N4O/c30-29-31-27-18-23(28(34)32-14-6-11-25(32)15-20-7-2-1-3-8-20)12-13-24(27)19-33(29)26-16-21-9-4-5-10-22(21)17-26/h1-5,7-10,12-13,18,25-26H,6,11,14-17,19H2,(H2,30,31). The molecule has 3 aliphatic rings. The summed E-state index contributed by atoms with van der Waals surface area (Å²) in [5, 5.41) is 0. The van der Waals surface area contributed by atoms with E-state index in [-0.39, 0.29) is 11.9 Å². The third-order valence-corrected chi connectivity index (χ3v) is 7.62. The number of hydrogen-bond donors (Lipinski definition) is 1. The van der Waals surface area contributed by atoms with Crippen LogP contribution in [0.4, 0.5) is 5.69 Å². The minimum atomic E-state index is 0.101. The zero-order valence-corrected chi connectivity index (χ0v) is 19.4. The van der Waals surface area contributed by atoms with E-state index in [2.05, 4.69) is 59.5 Å². The minimum absolute atomic E-state index is 0.101. The van der Waals surface area contributed by atoms with Crippen LogP contribution in [0.5, 0.6) is 0 Å². The number of aliphatic imine (C=N–C) groups is 1. The van der Waals surface area contributed by atoms with Crippen LogP contribution >= 0.6 is 0 Å². The molecule has 1 amide bonds. The van der Waals surface area contributed by atoms with Gasteiger partial charge in [0, 0.05) is 30.7 Å². The average molecular weight is 451 g/mol. The smallest absolute Gasteiger partial charge is 0.254 e. The zero-order chi connectivity index (χ0) is 23.1. The number of benzene rings is 3. The molecule has 0 saturated carbocycles. The molecule has 6 rings (SSSR count). The second-order valence-electron chi connectivity index (χ2n) is 9.76. The monoisotopic (exact) mass is 450 g/mol. The van der Waals surface area contributed by atoms with Gasteiger partial charge < -0.3 is 15.5 Å². The van der Waals surface area contributed by atoms with Gasteiger partial charge in [-0.05, 0) is 66.5 Å². The van der Waals surface area contributed by atoms with E-state index in [1.165, 1.54) is 16.7 Å². The van der Waals surface area contributed by atoms with Crippen molar-refractivity contribution < 1.29 is 4.79 Å². The molecule has 5 nitrogen and oxygen atoms in total. The van der Waals surface area contributed by atoms with Crippen molar-refractivity contribution in [2.75, 3.05) is 6.54 Å². The molecule has 1 aliphatic carbocycles. The Morgan fingerprint density at radius 2 is 1.68 bits per heavy atom. The third kappa shape index (κ3) is 3.85. The molecule has 1 unspecified atom stereocenters. The topological polar surface area (TPSA) is 61.9 Å². The molecule has 2 aliphatic heterocycles. The maximum atomic E-state index is 13.5.